The normalized spacial score (nSPS) is 20.1. The first kappa shape index (κ1) is 18.7. The molecule has 2 aromatic rings. The summed E-state index contributed by atoms with van der Waals surface area (Å²) in [5, 5.41) is 3.18. The minimum absolute atomic E-state index is 0.0212. The Hall–Kier alpha value is -2.62. The Morgan fingerprint density at radius 1 is 1.25 bits per heavy atom. The number of fused-ring (bicyclic) bond motifs is 2. The SMILES string of the molecule is CC(C)(C)c1ccc2c(c1)OCC/C2=C\C(=O)NC1CCc2cccnc2C1. The summed E-state index contributed by atoms with van der Waals surface area (Å²) in [6.07, 6.45) is 7.07. The molecule has 4 heteroatoms. The number of rotatable bonds is 2. The molecule has 2 aliphatic rings. The highest BCUT2D eigenvalue weighted by Gasteiger charge is 2.23. The van der Waals surface area contributed by atoms with Gasteiger partial charge in [0, 0.05) is 42.4 Å². The molecule has 0 saturated heterocycles. The Morgan fingerprint density at radius 2 is 2.11 bits per heavy atom. The number of amides is 1. The fraction of sp³-hybridized carbons (Fsp3) is 0.417. The fourth-order valence-corrected chi connectivity index (χ4v) is 4.00. The minimum Gasteiger partial charge on any atom is -0.493 e. The number of carbonyl (C=O) groups is 1. The van der Waals surface area contributed by atoms with Crippen LogP contribution in [0, 0.1) is 0 Å². The second-order valence-corrected chi connectivity index (χ2v) is 8.79. The van der Waals surface area contributed by atoms with Crippen LogP contribution in [-0.2, 0) is 23.1 Å². The molecule has 0 fully saturated rings. The van der Waals surface area contributed by atoms with Gasteiger partial charge in [-0.15, -0.1) is 0 Å². The van der Waals surface area contributed by atoms with Crippen molar-refractivity contribution in [3.8, 4) is 5.75 Å². The maximum absolute atomic E-state index is 12.7. The number of benzene rings is 1. The van der Waals surface area contributed by atoms with Gasteiger partial charge in [0.2, 0.25) is 5.91 Å². The fourth-order valence-electron chi connectivity index (χ4n) is 4.00. The van der Waals surface area contributed by atoms with E-state index in [0.29, 0.717) is 6.61 Å². The Bertz CT molecular complexity index is 924. The van der Waals surface area contributed by atoms with Crippen LogP contribution in [-0.4, -0.2) is 23.5 Å². The summed E-state index contributed by atoms with van der Waals surface area (Å²) in [4.78, 5) is 17.1. The molecule has 0 saturated carbocycles. The van der Waals surface area contributed by atoms with Gasteiger partial charge in [0.25, 0.3) is 0 Å². The monoisotopic (exact) mass is 376 g/mol. The number of nitrogens with zero attached hydrogens (tertiary/aromatic N) is 1. The van der Waals surface area contributed by atoms with E-state index in [-0.39, 0.29) is 17.4 Å². The van der Waals surface area contributed by atoms with Crippen molar-refractivity contribution >= 4 is 11.5 Å². The molecule has 1 amide bonds. The van der Waals surface area contributed by atoms with E-state index in [1.165, 1.54) is 11.1 Å². The zero-order valence-electron chi connectivity index (χ0n) is 16.9. The standard InChI is InChI=1S/C24H28N2O2/c1-24(2,3)18-7-9-20-17(10-12-28-22(20)14-18)13-23(27)26-19-8-6-16-5-4-11-25-21(16)15-19/h4-5,7,9,11,13-14,19H,6,8,10,12,15H2,1-3H3,(H,26,27)/b17-13+. The van der Waals surface area contributed by atoms with E-state index < -0.39 is 0 Å². The summed E-state index contributed by atoms with van der Waals surface area (Å²) < 4.78 is 5.88. The van der Waals surface area contributed by atoms with Crippen molar-refractivity contribution in [2.75, 3.05) is 6.61 Å². The van der Waals surface area contributed by atoms with Gasteiger partial charge in [-0.05, 0) is 47.1 Å². The number of ether oxygens (including phenoxy) is 1. The van der Waals surface area contributed by atoms with Gasteiger partial charge < -0.3 is 10.1 Å². The molecule has 0 radical (unpaired) electrons. The molecule has 146 valence electrons. The average molecular weight is 377 g/mol. The second-order valence-electron chi connectivity index (χ2n) is 8.79. The summed E-state index contributed by atoms with van der Waals surface area (Å²) in [7, 11) is 0. The molecular weight excluding hydrogens is 348 g/mol. The van der Waals surface area contributed by atoms with Crippen LogP contribution >= 0.6 is 0 Å². The largest absolute Gasteiger partial charge is 0.493 e. The maximum atomic E-state index is 12.7. The molecule has 1 aliphatic carbocycles. The van der Waals surface area contributed by atoms with Crippen molar-refractivity contribution in [2.24, 2.45) is 0 Å². The quantitative estimate of drug-likeness (QED) is 0.799. The first-order valence-electron chi connectivity index (χ1n) is 10.1. The van der Waals surface area contributed by atoms with Crippen molar-refractivity contribution in [2.45, 2.75) is 57.9 Å². The summed E-state index contributed by atoms with van der Waals surface area (Å²) >= 11 is 0. The molecule has 4 rings (SSSR count). The van der Waals surface area contributed by atoms with E-state index in [1.807, 2.05) is 12.3 Å². The Morgan fingerprint density at radius 3 is 2.93 bits per heavy atom. The molecule has 1 N–H and O–H groups in total. The second kappa shape index (κ2) is 7.42. The molecular formula is C24H28N2O2. The molecule has 1 aromatic heterocycles. The maximum Gasteiger partial charge on any atom is 0.244 e. The van der Waals surface area contributed by atoms with Crippen LogP contribution in [0.2, 0.25) is 0 Å². The Labute approximate surface area is 167 Å². The molecule has 1 aliphatic heterocycles. The first-order chi connectivity index (χ1) is 13.4. The zero-order chi connectivity index (χ0) is 19.7. The highest BCUT2D eigenvalue weighted by molar-refractivity contribution is 5.96. The van der Waals surface area contributed by atoms with Gasteiger partial charge in [-0.1, -0.05) is 39.0 Å². The van der Waals surface area contributed by atoms with Crippen LogP contribution in [0.25, 0.3) is 5.57 Å². The predicted molar refractivity (Wildman–Crippen MR) is 111 cm³/mol. The van der Waals surface area contributed by atoms with Crippen LogP contribution < -0.4 is 10.1 Å². The van der Waals surface area contributed by atoms with Crippen LogP contribution in [0.3, 0.4) is 0 Å². The van der Waals surface area contributed by atoms with E-state index in [0.717, 1.165) is 48.3 Å². The highest BCUT2D eigenvalue weighted by Crippen LogP contribution is 2.36. The molecule has 1 unspecified atom stereocenters. The average Bonchev–Trinajstić information content (AvgIpc) is 2.67. The lowest BCUT2D eigenvalue weighted by Crippen LogP contribution is -2.38. The molecule has 2 heterocycles. The number of carbonyl (C=O) groups excluding carboxylic acids is 1. The van der Waals surface area contributed by atoms with E-state index in [9.17, 15) is 4.79 Å². The molecule has 4 nitrogen and oxygen atoms in total. The van der Waals surface area contributed by atoms with Gasteiger partial charge in [-0.3, -0.25) is 9.78 Å². The van der Waals surface area contributed by atoms with Crippen molar-refractivity contribution < 1.29 is 9.53 Å². The Balaban J connectivity index is 1.49. The van der Waals surface area contributed by atoms with Gasteiger partial charge in [-0.2, -0.15) is 0 Å². The minimum atomic E-state index is -0.0212. The van der Waals surface area contributed by atoms with E-state index >= 15 is 0 Å². The third-order valence-electron chi connectivity index (χ3n) is 5.66. The van der Waals surface area contributed by atoms with E-state index in [4.69, 9.17) is 4.74 Å². The Kier molecular flexibility index (Phi) is 4.96. The molecule has 28 heavy (non-hydrogen) atoms. The van der Waals surface area contributed by atoms with Crippen LogP contribution in [0.4, 0.5) is 0 Å². The van der Waals surface area contributed by atoms with Gasteiger partial charge in [0.1, 0.15) is 5.75 Å². The third-order valence-corrected chi connectivity index (χ3v) is 5.66. The van der Waals surface area contributed by atoms with Gasteiger partial charge in [0.05, 0.1) is 6.61 Å². The smallest absolute Gasteiger partial charge is 0.244 e. The lowest BCUT2D eigenvalue weighted by molar-refractivity contribution is -0.117. The lowest BCUT2D eigenvalue weighted by Gasteiger charge is -2.26. The number of nitrogens with one attached hydrogen (secondary N) is 1. The predicted octanol–water partition coefficient (Wildman–Crippen LogP) is 4.22. The summed E-state index contributed by atoms with van der Waals surface area (Å²) in [6, 6.07) is 10.6. The van der Waals surface area contributed by atoms with Crippen LogP contribution in [0.15, 0.2) is 42.6 Å². The molecule has 0 spiro atoms. The van der Waals surface area contributed by atoms with Crippen molar-refractivity contribution in [3.63, 3.8) is 0 Å². The summed E-state index contributed by atoms with van der Waals surface area (Å²) in [6.45, 7) is 7.19. The number of pyridine rings is 1. The topological polar surface area (TPSA) is 51.2 Å². The van der Waals surface area contributed by atoms with Crippen molar-refractivity contribution in [1.29, 1.82) is 0 Å². The van der Waals surface area contributed by atoms with Crippen molar-refractivity contribution in [3.05, 3.63) is 65.0 Å². The van der Waals surface area contributed by atoms with Crippen LogP contribution in [0.1, 0.15) is 56.0 Å². The zero-order valence-corrected chi connectivity index (χ0v) is 16.9. The van der Waals surface area contributed by atoms with Gasteiger partial charge in [0.15, 0.2) is 0 Å². The number of hydrogen-bond donors (Lipinski definition) is 1. The summed E-state index contributed by atoms with van der Waals surface area (Å²) in [5.74, 6) is 0.862. The van der Waals surface area contributed by atoms with Crippen molar-refractivity contribution in [1.82, 2.24) is 10.3 Å². The molecule has 1 atom stereocenters. The first-order valence-corrected chi connectivity index (χ1v) is 10.1. The summed E-state index contributed by atoms with van der Waals surface area (Å²) in [5.41, 5.74) is 5.81. The molecule has 1 aromatic carbocycles. The highest BCUT2D eigenvalue weighted by atomic mass is 16.5. The molecule has 0 bridgehead atoms. The lowest BCUT2D eigenvalue weighted by atomic mass is 9.85. The van der Waals surface area contributed by atoms with Crippen LogP contribution in [0.5, 0.6) is 5.75 Å². The number of aryl methyl sites for hydroxylation is 1. The van der Waals surface area contributed by atoms with E-state index in [1.54, 1.807) is 6.08 Å². The van der Waals surface area contributed by atoms with Gasteiger partial charge >= 0.3 is 0 Å². The third kappa shape index (κ3) is 3.96. The number of aromatic nitrogens is 1. The van der Waals surface area contributed by atoms with Gasteiger partial charge in [-0.25, -0.2) is 0 Å². The van der Waals surface area contributed by atoms with E-state index in [2.05, 4.69) is 55.3 Å². The number of hydrogen-bond acceptors (Lipinski definition) is 3.